The molecule has 1 aromatic carbocycles. The Balaban J connectivity index is 3.13. The molecular formula is C9H10FNO. The number of benzene rings is 1. The van der Waals surface area contributed by atoms with E-state index in [4.69, 9.17) is 0 Å². The Labute approximate surface area is 70.4 Å². The van der Waals surface area contributed by atoms with Gasteiger partial charge in [-0.25, -0.2) is 4.39 Å². The molecule has 0 fully saturated rings. The number of aryl methyl sites for hydroxylation is 1. The van der Waals surface area contributed by atoms with Crippen LogP contribution in [0.5, 0.6) is 0 Å². The summed E-state index contributed by atoms with van der Waals surface area (Å²) in [7, 11) is 0. The Morgan fingerprint density at radius 2 is 2.17 bits per heavy atom. The number of hydrogen-bond donors (Lipinski definition) is 0. The van der Waals surface area contributed by atoms with Crippen molar-refractivity contribution in [1.82, 2.24) is 0 Å². The lowest BCUT2D eigenvalue weighted by Crippen LogP contribution is -1.85. The molecule has 1 aromatic rings. The molecule has 1 atom stereocenters. The molecule has 64 valence electrons. The smallest absolute Gasteiger partial charge is 0.122 e. The van der Waals surface area contributed by atoms with Crippen LogP contribution in [-0.4, -0.2) is 0 Å². The third kappa shape index (κ3) is 1.67. The van der Waals surface area contributed by atoms with E-state index in [1.54, 1.807) is 19.1 Å². The summed E-state index contributed by atoms with van der Waals surface area (Å²) in [5.74, 6) is 0. The second kappa shape index (κ2) is 3.43. The maximum Gasteiger partial charge on any atom is 0.122 e. The van der Waals surface area contributed by atoms with E-state index in [2.05, 4.69) is 5.18 Å². The maximum absolute atomic E-state index is 12.7. The zero-order valence-corrected chi connectivity index (χ0v) is 7.04. The van der Waals surface area contributed by atoms with Crippen LogP contribution in [0.15, 0.2) is 23.4 Å². The Morgan fingerprint density at radius 1 is 1.50 bits per heavy atom. The van der Waals surface area contributed by atoms with Crippen molar-refractivity contribution in [2.24, 2.45) is 5.18 Å². The molecule has 0 N–H and O–H groups in total. The molecule has 0 spiro atoms. The van der Waals surface area contributed by atoms with Gasteiger partial charge < -0.3 is 0 Å². The zero-order valence-electron chi connectivity index (χ0n) is 7.04. The number of halogens is 1. The highest BCUT2D eigenvalue weighted by atomic mass is 19.1. The van der Waals surface area contributed by atoms with E-state index in [0.717, 1.165) is 5.56 Å². The molecule has 0 aromatic heterocycles. The Bertz CT molecular complexity index is 297. The molecule has 1 rings (SSSR count). The predicted octanol–water partition coefficient (Wildman–Crippen LogP) is 3.42. The summed E-state index contributed by atoms with van der Waals surface area (Å²) in [4.78, 5) is 10.2. The van der Waals surface area contributed by atoms with Crippen LogP contribution in [0, 0.1) is 11.8 Å². The minimum Gasteiger partial charge on any atom is -0.243 e. The minimum absolute atomic E-state index is 0.317. The van der Waals surface area contributed by atoms with Gasteiger partial charge in [-0.2, -0.15) is 0 Å². The Kier molecular flexibility index (Phi) is 2.53. The van der Waals surface area contributed by atoms with Crippen LogP contribution in [0.4, 0.5) is 10.1 Å². The van der Waals surface area contributed by atoms with E-state index in [9.17, 15) is 9.30 Å². The van der Waals surface area contributed by atoms with Crippen LogP contribution >= 0.6 is 0 Å². The van der Waals surface area contributed by atoms with Crippen molar-refractivity contribution in [3.05, 3.63) is 34.2 Å². The predicted molar refractivity (Wildman–Crippen MR) is 46.2 cm³/mol. The van der Waals surface area contributed by atoms with Crippen molar-refractivity contribution in [3.8, 4) is 0 Å². The molecular weight excluding hydrogens is 157 g/mol. The van der Waals surface area contributed by atoms with E-state index in [-0.39, 0.29) is 0 Å². The first-order valence-electron chi connectivity index (χ1n) is 3.73. The molecule has 0 saturated heterocycles. The van der Waals surface area contributed by atoms with Gasteiger partial charge in [-0.05, 0) is 36.2 Å². The van der Waals surface area contributed by atoms with Gasteiger partial charge in [0.25, 0.3) is 0 Å². The van der Waals surface area contributed by atoms with Crippen molar-refractivity contribution in [2.75, 3.05) is 0 Å². The summed E-state index contributed by atoms with van der Waals surface area (Å²) in [6, 6.07) is 4.84. The zero-order chi connectivity index (χ0) is 9.14. The second-order valence-corrected chi connectivity index (χ2v) is 2.75. The van der Waals surface area contributed by atoms with Crippen LogP contribution in [0.3, 0.4) is 0 Å². The number of rotatable bonds is 2. The van der Waals surface area contributed by atoms with Crippen molar-refractivity contribution in [2.45, 2.75) is 20.0 Å². The number of alkyl halides is 1. The first-order chi connectivity index (χ1) is 5.65. The lowest BCUT2D eigenvalue weighted by Gasteiger charge is -2.03. The molecule has 0 amide bonds. The van der Waals surface area contributed by atoms with Crippen LogP contribution in [0.2, 0.25) is 0 Å². The fraction of sp³-hybridized carbons (Fsp3) is 0.333. The van der Waals surface area contributed by atoms with Gasteiger partial charge in [0.1, 0.15) is 11.9 Å². The topological polar surface area (TPSA) is 29.4 Å². The highest BCUT2D eigenvalue weighted by Gasteiger charge is 2.05. The second-order valence-electron chi connectivity index (χ2n) is 2.75. The van der Waals surface area contributed by atoms with E-state index in [0.29, 0.717) is 11.3 Å². The van der Waals surface area contributed by atoms with Gasteiger partial charge in [0.2, 0.25) is 0 Å². The van der Waals surface area contributed by atoms with E-state index in [1.807, 2.05) is 0 Å². The average Bonchev–Trinajstić information content (AvgIpc) is 2.05. The SMILES string of the molecule is Cc1ccc(C(C)F)cc1N=O. The van der Waals surface area contributed by atoms with Gasteiger partial charge >= 0.3 is 0 Å². The van der Waals surface area contributed by atoms with Gasteiger partial charge in [0.15, 0.2) is 0 Å². The summed E-state index contributed by atoms with van der Waals surface area (Å²) >= 11 is 0. The number of nitrogens with zero attached hydrogens (tertiary/aromatic N) is 1. The molecule has 0 aliphatic carbocycles. The summed E-state index contributed by atoms with van der Waals surface area (Å²) in [5.41, 5.74) is 1.58. The van der Waals surface area contributed by atoms with Crippen molar-refractivity contribution in [1.29, 1.82) is 0 Å². The molecule has 1 unspecified atom stereocenters. The molecule has 0 saturated carbocycles. The summed E-state index contributed by atoms with van der Waals surface area (Å²) < 4.78 is 12.7. The quantitative estimate of drug-likeness (QED) is 0.620. The molecule has 0 aliphatic rings. The molecule has 0 aliphatic heterocycles. The van der Waals surface area contributed by atoms with Crippen LogP contribution in [-0.2, 0) is 0 Å². The summed E-state index contributed by atoms with van der Waals surface area (Å²) in [6.07, 6.45) is -1.05. The van der Waals surface area contributed by atoms with Crippen LogP contribution in [0.25, 0.3) is 0 Å². The third-order valence-corrected chi connectivity index (χ3v) is 1.79. The van der Waals surface area contributed by atoms with Gasteiger partial charge in [0, 0.05) is 0 Å². The van der Waals surface area contributed by atoms with E-state index < -0.39 is 6.17 Å². The standard InChI is InChI=1S/C9H10FNO/c1-6-3-4-8(7(2)10)5-9(6)11-12/h3-5,7H,1-2H3. The Morgan fingerprint density at radius 3 is 2.67 bits per heavy atom. The van der Waals surface area contributed by atoms with E-state index in [1.165, 1.54) is 13.0 Å². The van der Waals surface area contributed by atoms with Crippen molar-refractivity contribution < 1.29 is 4.39 Å². The Hall–Kier alpha value is -1.25. The first-order valence-corrected chi connectivity index (χ1v) is 3.73. The number of hydrogen-bond acceptors (Lipinski definition) is 2. The lowest BCUT2D eigenvalue weighted by molar-refractivity contribution is 0.374. The van der Waals surface area contributed by atoms with Crippen molar-refractivity contribution in [3.63, 3.8) is 0 Å². The molecule has 0 bridgehead atoms. The highest BCUT2D eigenvalue weighted by molar-refractivity contribution is 5.47. The molecule has 0 heterocycles. The molecule has 12 heavy (non-hydrogen) atoms. The minimum atomic E-state index is -1.05. The van der Waals surface area contributed by atoms with Gasteiger partial charge in [-0.15, -0.1) is 4.91 Å². The average molecular weight is 167 g/mol. The molecule has 0 radical (unpaired) electrons. The van der Waals surface area contributed by atoms with Gasteiger partial charge in [0.05, 0.1) is 0 Å². The largest absolute Gasteiger partial charge is 0.243 e. The fourth-order valence-electron chi connectivity index (χ4n) is 0.972. The van der Waals surface area contributed by atoms with Gasteiger partial charge in [-0.1, -0.05) is 12.1 Å². The lowest BCUT2D eigenvalue weighted by atomic mass is 10.1. The highest BCUT2D eigenvalue weighted by Crippen LogP contribution is 2.24. The summed E-state index contributed by atoms with van der Waals surface area (Å²) in [5, 5.41) is 2.80. The summed E-state index contributed by atoms with van der Waals surface area (Å²) in [6.45, 7) is 3.20. The molecule has 2 nitrogen and oxygen atoms in total. The first kappa shape index (κ1) is 8.84. The number of nitroso groups, excluding NO2 is 1. The third-order valence-electron chi connectivity index (χ3n) is 1.79. The van der Waals surface area contributed by atoms with E-state index >= 15 is 0 Å². The fourth-order valence-corrected chi connectivity index (χ4v) is 0.972. The van der Waals surface area contributed by atoms with Crippen LogP contribution < -0.4 is 0 Å². The maximum atomic E-state index is 12.7. The van der Waals surface area contributed by atoms with Crippen LogP contribution in [0.1, 0.15) is 24.2 Å². The van der Waals surface area contributed by atoms with Crippen molar-refractivity contribution >= 4 is 5.69 Å². The normalized spacial score (nSPS) is 12.6. The van der Waals surface area contributed by atoms with Gasteiger partial charge in [-0.3, -0.25) is 0 Å². The monoisotopic (exact) mass is 167 g/mol. The molecule has 3 heteroatoms.